The van der Waals surface area contributed by atoms with Gasteiger partial charge in [0, 0.05) is 17.3 Å². The summed E-state index contributed by atoms with van der Waals surface area (Å²) in [6.45, 7) is 0.277. The normalized spacial score (nSPS) is 10.7. The van der Waals surface area contributed by atoms with Gasteiger partial charge in [-0.1, -0.05) is 28.1 Å². The number of carbonyl (C=O) groups excluding carboxylic acids is 2. The maximum absolute atomic E-state index is 12.5. The van der Waals surface area contributed by atoms with Gasteiger partial charge in [-0.2, -0.15) is 0 Å². The van der Waals surface area contributed by atoms with Crippen LogP contribution in [0.5, 0.6) is 0 Å². The molecule has 0 fully saturated rings. The topological polar surface area (TPSA) is 85.2 Å². The first-order valence-corrected chi connectivity index (χ1v) is 9.11. The van der Waals surface area contributed by atoms with Crippen molar-refractivity contribution in [3.8, 4) is 0 Å². The number of nitrogens with one attached hydrogen (secondary N) is 2. The summed E-state index contributed by atoms with van der Waals surface area (Å²) in [6, 6.07) is 14.9. The molecule has 0 aliphatic carbocycles. The van der Waals surface area contributed by atoms with Crippen LogP contribution >= 0.6 is 15.9 Å². The minimum absolute atomic E-state index is 0.0235. The van der Waals surface area contributed by atoms with E-state index >= 15 is 0 Å². The number of carbonyl (C=O) groups is 2. The molecule has 1 aromatic heterocycles. The highest BCUT2D eigenvalue weighted by molar-refractivity contribution is 9.10. The number of benzene rings is 2. The molecule has 1 heterocycles. The van der Waals surface area contributed by atoms with Gasteiger partial charge < -0.3 is 19.9 Å². The van der Waals surface area contributed by atoms with Gasteiger partial charge in [0.15, 0.2) is 0 Å². The average Bonchev–Trinajstić information content (AvgIpc) is 3.00. The van der Waals surface area contributed by atoms with E-state index in [0.29, 0.717) is 11.5 Å². The number of amides is 2. The highest BCUT2D eigenvalue weighted by Gasteiger charge is 2.14. The predicted octanol–water partition coefficient (Wildman–Crippen LogP) is 2.70. The predicted molar refractivity (Wildman–Crippen MR) is 106 cm³/mol. The Kier molecular flexibility index (Phi) is 6.20. The SMILES string of the molecule is COCC(=O)NCc1nc2ccccc2n1CC(=O)Nc1ccc(Br)cc1. The molecule has 0 saturated heterocycles. The summed E-state index contributed by atoms with van der Waals surface area (Å²) in [7, 11) is 1.46. The lowest BCUT2D eigenvalue weighted by molar-refractivity contribution is -0.124. The minimum Gasteiger partial charge on any atom is -0.375 e. The van der Waals surface area contributed by atoms with Crippen molar-refractivity contribution in [1.29, 1.82) is 0 Å². The van der Waals surface area contributed by atoms with Crippen LogP contribution in [0.2, 0.25) is 0 Å². The number of hydrogen-bond acceptors (Lipinski definition) is 4. The first-order chi connectivity index (χ1) is 13.1. The fourth-order valence-corrected chi connectivity index (χ4v) is 2.94. The third-order valence-electron chi connectivity index (χ3n) is 3.88. The fraction of sp³-hybridized carbons (Fsp3) is 0.211. The van der Waals surface area contributed by atoms with Crippen LogP contribution in [0.15, 0.2) is 53.0 Å². The quantitative estimate of drug-likeness (QED) is 0.603. The van der Waals surface area contributed by atoms with E-state index in [4.69, 9.17) is 4.74 Å². The van der Waals surface area contributed by atoms with E-state index in [2.05, 4.69) is 31.5 Å². The zero-order chi connectivity index (χ0) is 19.2. The van der Waals surface area contributed by atoms with Gasteiger partial charge in [0.2, 0.25) is 11.8 Å². The Hall–Kier alpha value is -2.71. The Labute approximate surface area is 164 Å². The van der Waals surface area contributed by atoms with Gasteiger partial charge in [-0.3, -0.25) is 9.59 Å². The first kappa shape index (κ1) is 19.1. The second kappa shape index (κ2) is 8.79. The molecule has 2 aromatic carbocycles. The fourth-order valence-electron chi connectivity index (χ4n) is 2.67. The standard InChI is InChI=1S/C19H19BrN4O3/c1-27-12-19(26)21-10-17-23-15-4-2-3-5-16(15)24(17)11-18(25)22-14-8-6-13(20)7-9-14/h2-9H,10-12H2,1H3,(H,21,26)(H,22,25). The number of aromatic nitrogens is 2. The molecule has 0 aliphatic rings. The third kappa shape index (κ3) is 4.93. The smallest absolute Gasteiger partial charge is 0.246 e. The molecule has 0 atom stereocenters. The molecule has 7 nitrogen and oxygen atoms in total. The number of methoxy groups -OCH3 is 1. The van der Waals surface area contributed by atoms with E-state index in [1.165, 1.54) is 7.11 Å². The third-order valence-corrected chi connectivity index (χ3v) is 4.41. The van der Waals surface area contributed by atoms with E-state index in [0.717, 1.165) is 15.5 Å². The van der Waals surface area contributed by atoms with Gasteiger partial charge in [0.05, 0.1) is 17.6 Å². The zero-order valence-electron chi connectivity index (χ0n) is 14.7. The number of rotatable bonds is 7. The van der Waals surface area contributed by atoms with Crippen LogP contribution in [-0.4, -0.2) is 35.1 Å². The van der Waals surface area contributed by atoms with Gasteiger partial charge in [0.1, 0.15) is 19.0 Å². The molecule has 2 N–H and O–H groups in total. The van der Waals surface area contributed by atoms with Crippen molar-refractivity contribution in [3.05, 3.63) is 58.8 Å². The summed E-state index contributed by atoms with van der Waals surface area (Å²) >= 11 is 3.37. The van der Waals surface area contributed by atoms with Crippen LogP contribution in [0, 0.1) is 0 Å². The summed E-state index contributed by atoms with van der Waals surface area (Å²) in [6.07, 6.45) is 0. The summed E-state index contributed by atoms with van der Waals surface area (Å²) in [5, 5.41) is 5.62. The van der Waals surface area contributed by atoms with Gasteiger partial charge >= 0.3 is 0 Å². The molecule has 2 amide bonds. The summed E-state index contributed by atoms with van der Waals surface area (Å²) in [5.74, 6) is 0.187. The maximum Gasteiger partial charge on any atom is 0.246 e. The van der Waals surface area contributed by atoms with Gasteiger partial charge in [-0.25, -0.2) is 4.98 Å². The number of para-hydroxylation sites is 2. The second-order valence-corrected chi connectivity index (χ2v) is 6.78. The largest absolute Gasteiger partial charge is 0.375 e. The molecule has 140 valence electrons. The molecule has 8 heteroatoms. The molecule has 27 heavy (non-hydrogen) atoms. The molecule has 0 unspecified atom stereocenters. The molecule has 3 rings (SSSR count). The van der Waals surface area contributed by atoms with Crippen LogP contribution in [0.25, 0.3) is 11.0 Å². The first-order valence-electron chi connectivity index (χ1n) is 8.32. The number of anilines is 1. The van der Waals surface area contributed by atoms with Crippen molar-refractivity contribution >= 4 is 44.5 Å². The van der Waals surface area contributed by atoms with Crippen LogP contribution in [0.1, 0.15) is 5.82 Å². The Morgan fingerprint density at radius 3 is 2.59 bits per heavy atom. The molecule has 0 saturated carbocycles. The van der Waals surface area contributed by atoms with Crippen molar-refractivity contribution < 1.29 is 14.3 Å². The number of hydrogen-bond donors (Lipinski definition) is 2. The Morgan fingerprint density at radius 2 is 1.85 bits per heavy atom. The van der Waals surface area contributed by atoms with Crippen LogP contribution in [0.3, 0.4) is 0 Å². The second-order valence-electron chi connectivity index (χ2n) is 5.87. The minimum atomic E-state index is -0.240. The van der Waals surface area contributed by atoms with Crippen molar-refractivity contribution in [3.63, 3.8) is 0 Å². The van der Waals surface area contributed by atoms with E-state index in [9.17, 15) is 9.59 Å². The highest BCUT2D eigenvalue weighted by atomic mass is 79.9. The molecule has 0 bridgehead atoms. The van der Waals surface area contributed by atoms with Crippen molar-refractivity contribution in [2.75, 3.05) is 19.0 Å². The van der Waals surface area contributed by atoms with E-state index < -0.39 is 0 Å². The summed E-state index contributed by atoms with van der Waals surface area (Å²) in [5.41, 5.74) is 2.31. The summed E-state index contributed by atoms with van der Waals surface area (Å²) < 4.78 is 7.56. The highest BCUT2D eigenvalue weighted by Crippen LogP contribution is 2.17. The maximum atomic E-state index is 12.5. The number of imidazole rings is 1. The monoisotopic (exact) mass is 430 g/mol. The Morgan fingerprint density at radius 1 is 1.11 bits per heavy atom. The molecule has 0 radical (unpaired) electrons. The van der Waals surface area contributed by atoms with Crippen molar-refractivity contribution in [1.82, 2.24) is 14.9 Å². The zero-order valence-corrected chi connectivity index (χ0v) is 16.3. The van der Waals surface area contributed by atoms with Crippen LogP contribution < -0.4 is 10.6 Å². The molecular weight excluding hydrogens is 412 g/mol. The van der Waals surface area contributed by atoms with E-state index in [1.807, 2.05) is 48.5 Å². The Balaban J connectivity index is 1.78. The molecule has 0 spiro atoms. The van der Waals surface area contributed by atoms with Crippen molar-refractivity contribution in [2.45, 2.75) is 13.1 Å². The van der Waals surface area contributed by atoms with Gasteiger partial charge in [0.25, 0.3) is 0 Å². The van der Waals surface area contributed by atoms with Crippen LogP contribution in [-0.2, 0) is 27.4 Å². The lowest BCUT2D eigenvalue weighted by atomic mass is 10.3. The number of halogens is 1. The molecular formula is C19H19BrN4O3. The van der Waals surface area contributed by atoms with Crippen molar-refractivity contribution in [2.24, 2.45) is 0 Å². The molecule has 0 aliphatic heterocycles. The van der Waals surface area contributed by atoms with Gasteiger partial charge in [-0.05, 0) is 36.4 Å². The Bertz CT molecular complexity index is 953. The average molecular weight is 431 g/mol. The van der Waals surface area contributed by atoms with E-state index in [-0.39, 0.29) is 31.5 Å². The van der Waals surface area contributed by atoms with E-state index in [1.54, 1.807) is 4.57 Å². The number of ether oxygens (including phenoxy) is 1. The molecule has 3 aromatic rings. The summed E-state index contributed by atoms with van der Waals surface area (Å²) in [4.78, 5) is 28.7. The lowest BCUT2D eigenvalue weighted by Crippen LogP contribution is -2.29. The van der Waals surface area contributed by atoms with Crippen LogP contribution in [0.4, 0.5) is 5.69 Å². The van der Waals surface area contributed by atoms with Gasteiger partial charge in [-0.15, -0.1) is 0 Å². The number of nitrogens with zero attached hydrogens (tertiary/aromatic N) is 2. The lowest BCUT2D eigenvalue weighted by Gasteiger charge is -2.11. The number of fused-ring (bicyclic) bond motifs is 1.